The highest BCUT2D eigenvalue weighted by atomic mass is 16.5. The van der Waals surface area contributed by atoms with Gasteiger partial charge in [0.05, 0.1) is 0 Å². The van der Waals surface area contributed by atoms with Crippen LogP contribution in [-0.2, 0) is 16.1 Å². The van der Waals surface area contributed by atoms with Crippen LogP contribution in [0.25, 0.3) is 0 Å². The Morgan fingerprint density at radius 2 is 2.18 bits per heavy atom. The van der Waals surface area contributed by atoms with E-state index in [0.717, 1.165) is 11.1 Å². The highest BCUT2D eigenvalue weighted by molar-refractivity contribution is 5.80. The molecule has 0 saturated carbocycles. The van der Waals surface area contributed by atoms with Gasteiger partial charge in [-0.2, -0.15) is 0 Å². The van der Waals surface area contributed by atoms with Crippen molar-refractivity contribution < 1.29 is 9.53 Å². The van der Waals surface area contributed by atoms with Gasteiger partial charge in [-0.05, 0) is 11.1 Å². The van der Waals surface area contributed by atoms with Crippen LogP contribution in [0.4, 0.5) is 0 Å². The predicted octanol–water partition coefficient (Wildman–Crippen LogP) is 0.587. The van der Waals surface area contributed by atoms with Crippen molar-refractivity contribution >= 4 is 5.97 Å². The maximum absolute atomic E-state index is 11.8. The van der Waals surface area contributed by atoms with Gasteiger partial charge in [0.2, 0.25) is 0 Å². The van der Waals surface area contributed by atoms with E-state index in [1.807, 2.05) is 36.4 Å². The van der Waals surface area contributed by atoms with Crippen LogP contribution in [-0.4, -0.2) is 25.1 Å². The Hall–Kier alpha value is -1.65. The topological polar surface area (TPSA) is 64.3 Å². The Morgan fingerprint density at radius 3 is 2.88 bits per heavy atom. The molecular formula is C13H16N2O2. The van der Waals surface area contributed by atoms with Crippen molar-refractivity contribution in [3.63, 3.8) is 0 Å². The third kappa shape index (κ3) is 2.93. The molecule has 1 unspecified atom stereocenters. The first kappa shape index (κ1) is 11.8. The molecule has 1 heterocycles. The molecule has 1 aromatic carbocycles. The number of nitrogens with two attached hydrogens (primary N) is 1. The lowest BCUT2D eigenvalue weighted by Crippen LogP contribution is -2.37. The molecule has 1 atom stereocenters. The second kappa shape index (κ2) is 5.61. The molecule has 1 aliphatic heterocycles. The van der Waals surface area contributed by atoms with Crippen molar-refractivity contribution in [2.45, 2.75) is 12.6 Å². The van der Waals surface area contributed by atoms with Crippen LogP contribution in [0.3, 0.4) is 0 Å². The van der Waals surface area contributed by atoms with E-state index in [1.54, 1.807) is 0 Å². The summed E-state index contributed by atoms with van der Waals surface area (Å²) in [7, 11) is 0. The standard InChI is InChI=1S/C13H16N2O2/c14-8-11-6-7-15-12(11)13(16)17-9-10-4-2-1-3-5-10/h1-6,12,15H,7-9,14H2. The molecule has 0 aromatic heterocycles. The molecule has 3 N–H and O–H groups in total. The molecule has 4 heteroatoms. The first-order chi connectivity index (χ1) is 8.31. The summed E-state index contributed by atoms with van der Waals surface area (Å²) in [5, 5.41) is 3.05. The van der Waals surface area contributed by atoms with Gasteiger partial charge < -0.3 is 10.5 Å². The minimum atomic E-state index is -0.372. The number of ether oxygens (including phenoxy) is 1. The van der Waals surface area contributed by atoms with Crippen molar-refractivity contribution in [2.24, 2.45) is 5.73 Å². The Labute approximate surface area is 100 Å². The lowest BCUT2D eigenvalue weighted by atomic mass is 10.1. The lowest BCUT2D eigenvalue weighted by Gasteiger charge is -2.13. The van der Waals surface area contributed by atoms with E-state index in [0.29, 0.717) is 19.7 Å². The Balaban J connectivity index is 1.88. The van der Waals surface area contributed by atoms with Gasteiger partial charge in [-0.15, -0.1) is 0 Å². The smallest absolute Gasteiger partial charge is 0.327 e. The zero-order chi connectivity index (χ0) is 12.1. The van der Waals surface area contributed by atoms with Crippen LogP contribution in [0.15, 0.2) is 42.0 Å². The molecule has 2 rings (SSSR count). The van der Waals surface area contributed by atoms with E-state index in [2.05, 4.69) is 5.32 Å². The first-order valence-electron chi connectivity index (χ1n) is 5.64. The molecule has 0 radical (unpaired) electrons. The normalized spacial score (nSPS) is 18.9. The number of hydrogen-bond acceptors (Lipinski definition) is 4. The van der Waals surface area contributed by atoms with Gasteiger partial charge in [-0.1, -0.05) is 36.4 Å². The minimum Gasteiger partial charge on any atom is -0.459 e. The SMILES string of the molecule is NCC1=CCNC1C(=O)OCc1ccccc1. The predicted molar refractivity (Wildman–Crippen MR) is 65.2 cm³/mol. The summed E-state index contributed by atoms with van der Waals surface area (Å²) in [6.45, 7) is 1.37. The van der Waals surface area contributed by atoms with Gasteiger partial charge in [-0.3, -0.25) is 5.32 Å². The van der Waals surface area contributed by atoms with Gasteiger partial charge in [0, 0.05) is 13.1 Å². The van der Waals surface area contributed by atoms with Crippen LogP contribution >= 0.6 is 0 Å². The number of nitrogens with one attached hydrogen (secondary N) is 1. The summed E-state index contributed by atoms with van der Waals surface area (Å²) < 4.78 is 5.25. The fourth-order valence-electron chi connectivity index (χ4n) is 1.80. The Kier molecular flexibility index (Phi) is 3.90. The highest BCUT2D eigenvalue weighted by Crippen LogP contribution is 2.10. The average Bonchev–Trinajstić information content (AvgIpc) is 2.85. The molecule has 0 saturated heterocycles. The van der Waals surface area contributed by atoms with Crippen molar-refractivity contribution in [1.29, 1.82) is 0 Å². The summed E-state index contributed by atoms with van der Waals surface area (Å²) in [5.74, 6) is -0.261. The molecule has 1 aromatic rings. The first-order valence-corrected chi connectivity index (χ1v) is 5.64. The minimum absolute atomic E-state index is 0.261. The summed E-state index contributed by atoms with van der Waals surface area (Å²) in [5.41, 5.74) is 7.44. The zero-order valence-electron chi connectivity index (χ0n) is 9.56. The largest absolute Gasteiger partial charge is 0.459 e. The third-order valence-corrected chi connectivity index (χ3v) is 2.75. The number of rotatable bonds is 4. The van der Waals surface area contributed by atoms with E-state index >= 15 is 0 Å². The summed E-state index contributed by atoms with van der Waals surface area (Å²) in [4.78, 5) is 11.8. The average molecular weight is 232 g/mol. The fourth-order valence-corrected chi connectivity index (χ4v) is 1.80. The number of carbonyl (C=O) groups is 1. The van der Waals surface area contributed by atoms with Crippen molar-refractivity contribution in [3.05, 3.63) is 47.5 Å². The number of hydrogen-bond donors (Lipinski definition) is 2. The quantitative estimate of drug-likeness (QED) is 0.589. The monoisotopic (exact) mass is 232 g/mol. The third-order valence-electron chi connectivity index (χ3n) is 2.75. The highest BCUT2D eigenvalue weighted by Gasteiger charge is 2.26. The number of esters is 1. The van der Waals surface area contributed by atoms with E-state index < -0.39 is 0 Å². The second-order valence-electron chi connectivity index (χ2n) is 3.92. The zero-order valence-corrected chi connectivity index (χ0v) is 9.56. The number of benzene rings is 1. The van der Waals surface area contributed by atoms with Crippen LogP contribution in [0.1, 0.15) is 5.56 Å². The molecule has 90 valence electrons. The van der Waals surface area contributed by atoms with Crippen LogP contribution in [0.2, 0.25) is 0 Å². The van der Waals surface area contributed by atoms with Gasteiger partial charge in [0.25, 0.3) is 0 Å². The maximum Gasteiger partial charge on any atom is 0.327 e. The van der Waals surface area contributed by atoms with Gasteiger partial charge in [0.1, 0.15) is 12.6 Å². The van der Waals surface area contributed by atoms with E-state index in [-0.39, 0.29) is 12.0 Å². The Bertz CT molecular complexity index is 415. The summed E-state index contributed by atoms with van der Waals surface area (Å²) in [6.07, 6.45) is 1.94. The summed E-state index contributed by atoms with van der Waals surface area (Å²) in [6, 6.07) is 9.25. The molecule has 0 bridgehead atoms. The van der Waals surface area contributed by atoms with Gasteiger partial charge in [-0.25, -0.2) is 4.79 Å². The molecule has 0 aliphatic carbocycles. The molecule has 17 heavy (non-hydrogen) atoms. The van der Waals surface area contributed by atoms with E-state index in [4.69, 9.17) is 10.5 Å². The molecule has 0 amide bonds. The van der Waals surface area contributed by atoms with E-state index in [9.17, 15) is 4.79 Å². The Morgan fingerprint density at radius 1 is 1.41 bits per heavy atom. The molecule has 0 fully saturated rings. The van der Waals surface area contributed by atoms with Crippen LogP contribution in [0.5, 0.6) is 0 Å². The molecule has 1 aliphatic rings. The lowest BCUT2D eigenvalue weighted by molar-refractivity contribution is -0.146. The van der Waals surface area contributed by atoms with Crippen LogP contribution < -0.4 is 11.1 Å². The molecule has 0 spiro atoms. The fraction of sp³-hybridized carbons (Fsp3) is 0.308. The van der Waals surface area contributed by atoms with Gasteiger partial charge >= 0.3 is 5.97 Å². The van der Waals surface area contributed by atoms with Crippen molar-refractivity contribution in [1.82, 2.24) is 5.32 Å². The van der Waals surface area contributed by atoms with E-state index in [1.165, 1.54) is 0 Å². The molecular weight excluding hydrogens is 216 g/mol. The second-order valence-corrected chi connectivity index (χ2v) is 3.92. The van der Waals surface area contributed by atoms with Crippen molar-refractivity contribution in [3.8, 4) is 0 Å². The maximum atomic E-state index is 11.8. The molecule has 4 nitrogen and oxygen atoms in total. The van der Waals surface area contributed by atoms with Crippen molar-refractivity contribution in [2.75, 3.05) is 13.1 Å². The van der Waals surface area contributed by atoms with Gasteiger partial charge in [0.15, 0.2) is 0 Å². The summed E-state index contributed by atoms with van der Waals surface area (Å²) >= 11 is 0. The van der Waals surface area contributed by atoms with Crippen LogP contribution in [0, 0.1) is 0 Å². The number of carbonyl (C=O) groups excluding carboxylic acids is 1.